The van der Waals surface area contributed by atoms with Gasteiger partial charge in [0, 0.05) is 19.6 Å². The Morgan fingerprint density at radius 2 is 1.80 bits per heavy atom. The molecule has 0 spiro atoms. The third-order valence-electron chi connectivity index (χ3n) is 3.98. The van der Waals surface area contributed by atoms with Crippen molar-refractivity contribution in [3.8, 4) is 0 Å². The second-order valence-electron chi connectivity index (χ2n) is 5.71. The van der Waals surface area contributed by atoms with Crippen molar-refractivity contribution in [1.29, 1.82) is 0 Å². The molecule has 0 bridgehead atoms. The highest BCUT2D eigenvalue weighted by molar-refractivity contribution is 7.88. The van der Waals surface area contributed by atoms with Gasteiger partial charge in [0.15, 0.2) is 0 Å². The first-order valence-corrected chi connectivity index (χ1v) is 8.88. The zero-order chi connectivity index (χ0) is 14.6. The third kappa shape index (κ3) is 4.04. The van der Waals surface area contributed by atoms with E-state index in [1.807, 2.05) is 24.3 Å². The summed E-state index contributed by atoms with van der Waals surface area (Å²) in [7, 11) is -3.20. The number of nitrogens with zero attached hydrogens (tertiary/aromatic N) is 1. The van der Waals surface area contributed by atoms with Crippen LogP contribution in [0.2, 0.25) is 0 Å². The Bertz CT molecular complexity index is 525. The van der Waals surface area contributed by atoms with Gasteiger partial charge in [-0.1, -0.05) is 31.2 Å². The molecule has 20 heavy (non-hydrogen) atoms. The molecule has 0 radical (unpaired) electrons. The van der Waals surface area contributed by atoms with Gasteiger partial charge in [-0.25, -0.2) is 12.7 Å². The molecule has 2 rings (SSSR count). The Morgan fingerprint density at radius 3 is 2.45 bits per heavy atom. The molecule has 2 N–H and O–H groups in total. The zero-order valence-electron chi connectivity index (χ0n) is 12.1. The molecule has 1 saturated heterocycles. The first kappa shape index (κ1) is 15.5. The van der Waals surface area contributed by atoms with Gasteiger partial charge in [0.2, 0.25) is 10.0 Å². The lowest BCUT2D eigenvalue weighted by Crippen LogP contribution is -2.33. The Balaban J connectivity index is 2.05. The van der Waals surface area contributed by atoms with Crippen molar-refractivity contribution < 1.29 is 8.42 Å². The molecule has 1 fully saturated rings. The maximum absolute atomic E-state index is 12.5. The van der Waals surface area contributed by atoms with E-state index in [4.69, 9.17) is 5.73 Å². The summed E-state index contributed by atoms with van der Waals surface area (Å²) in [5.74, 6) is 0.714. The van der Waals surface area contributed by atoms with Crippen molar-refractivity contribution in [2.45, 2.75) is 38.5 Å². The number of hydrogen-bond acceptors (Lipinski definition) is 3. The first-order chi connectivity index (χ1) is 9.51. The minimum absolute atomic E-state index is 0.0895. The lowest BCUT2D eigenvalue weighted by molar-refractivity contribution is 0.416. The van der Waals surface area contributed by atoms with Gasteiger partial charge in [0.25, 0.3) is 0 Å². The van der Waals surface area contributed by atoms with E-state index in [1.54, 1.807) is 4.31 Å². The van der Waals surface area contributed by atoms with E-state index in [1.165, 1.54) is 0 Å². The van der Waals surface area contributed by atoms with Crippen molar-refractivity contribution in [2.24, 2.45) is 11.7 Å². The molecule has 5 heteroatoms. The second-order valence-corrected chi connectivity index (χ2v) is 7.68. The second kappa shape index (κ2) is 6.70. The Morgan fingerprint density at radius 1 is 1.15 bits per heavy atom. The van der Waals surface area contributed by atoms with Crippen LogP contribution in [0.25, 0.3) is 0 Å². The average Bonchev–Trinajstić information content (AvgIpc) is 2.64. The minimum atomic E-state index is -3.20. The first-order valence-electron chi connectivity index (χ1n) is 7.27. The minimum Gasteiger partial charge on any atom is -0.326 e. The lowest BCUT2D eigenvalue weighted by Gasteiger charge is -2.20. The van der Waals surface area contributed by atoms with Gasteiger partial charge in [0.05, 0.1) is 5.75 Å². The molecule has 0 saturated carbocycles. The monoisotopic (exact) mass is 296 g/mol. The molecule has 1 aromatic rings. The van der Waals surface area contributed by atoms with Crippen LogP contribution in [-0.2, 0) is 22.3 Å². The molecule has 1 unspecified atom stereocenters. The summed E-state index contributed by atoms with van der Waals surface area (Å²) >= 11 is 0. The maximum atomic E-state index is 12.5. The topological polar surface area (TPSA) is 63.4 Å². The molecular weight excluding hydrogens is 272 g/mol. The highest BCUT2D eigenvalue weighted by Gasteiger charge is 2.24. The summed E-state index contributed by atoms with van der Waals surface area (Å²) < 4.78 is 26.6. The molecule has 4 nitrogen and oxygen atoms in total. The van der Waals surface area contributed by atoms with Crippen LogP contribution in [0, 0.1) is 5.92 Å². The van der Waals surface area contributed by atoms with Crippen molar-refractivity contribution >= 4 is 10.0 Å². The van der Waals surface area contributed by atoms with Crippen LogP contribution in [0.3, 0.4) is 0 Å². The highest BCUT2D eigenvalue weighted by Crippen LogP contribution is 2.20. The van der Waals surface area contributed by atoms with Gasteiger partial charge >= 0.3 is 0 Å². The van der Waals surface area contributed by atoms with Gasteiger partial charge in [-0.3, -0.25) is 0 Å². The van der Waals surface area contributed by atoms with Gasteiger partial charge in [-0.05, 0) is 36.3 Å². The van der Waals surface area contributed by atoms with Crippen LogP contribution >= 0.6 is 0 Å². The summed E-state index contributed by atoms with van der Waals surface area (Å²) in [5, 5.41) is 0. The van der Waals surface area contributed by atoms with Crippen LogP contribution in [-0.4, -0.2) is 25.8 Å². The number of sulfonamides is 1. The SMILES string of the molecule is CC1CCCN(S(=O)(=O)Cc2ccc(CN)cc2)CC1. The third-order valence-corrected chi connectivity index (χ3v) is 5.83. The van der Waals surface area contributed by atoms with Gasteiger partial charge in [-0.15, -0.1) is 0 Å². The Kier molecular flexibility index (Phi) is 5.18. The normalized spacial score (nSPS) is 21.6. The summed E-state index contributed by atoms with van der Waals surface area (Å²) in [6, 6.07) is 7.52. The molecule has 0 aliphatic carbocycles. The van der Waals surface area contributed by atoms with Crippen LogP contribution in [0.1, 0.15) is 37.3 Å². The van der Waals surface area contributed by atoms with E-state index in [-0.39, 0.29) is 5.75 Å². The molecule has 1 aliphatic heterocycles. The fraction of sp³-hybridized carbons (Fsp3) is 0.600. The van der Waals surface area contributed by atoms with E-state index >= 15 is 0 Å². The number of nitrogens with two attached hydrogens (primary N) is 1. The van der Waals surface area contributed by atoms with Crippen LogP contribution in [0.15, 0.2) is 24.3 Å². The van der Waals surface area contributed by atoms with Crippen molar-refractivity contribution in [3.63, 3.8) is 0 Å². The molecular formula is C15H24N2O2S. The fourth-order valence-electron chi connectivity index (χ4n) is 2.59. The van der Waals surface area contributed by atoms with Crippen molar-refractivity contribution in [1.82, 2.24) is 4.31 Å². The molecule has 0 aromatic heterocycles. The van der Waals surface area contributed by atoms with E-state index in [0.29, 0.717) is 25.6 Å². The standard InChI is InChI=1S/C15H24N2O2S/c1-13-3-2-9-17(10-8-13)20(18,19)12-15-6-4-14(11-16)5-7-15/h4-7,13H,2-3,8-12,16H2,1H3. The summed E-state index contributed by atoms with van der Waals surface area (Å²) in [5.41, 5.74) is 7.40. The lowest BCUT2D eigenvalue weighted by atomic mass is 10.0. The highest BCUT2D eigenvalue weighted by atomic mass is 32.2. The molecule has 112 valence electrons. The van der Waals surface area contributed by atoms with Gasteiger partial charge in [0.1, 0.15) is 0 Å². The van der Waals surface area contributed by atoms with Crippen LogP contribution < -0.4 is 5.73 Å². The Labute approximate surface area is 122 Å². The van der Waals surface area contributed by atoms with Crippen LogP contribution in [0.5, 0.6) is 0 Å². The molecule has 1 aromatic carbocycles. The summed E-state index contributed by atoms with van der Waals surface area (Å²) in [6.45, 7) is 4.00. The van der Waals surface area contributed by atoms with E-state index in [9.17, 15) is 8.42 Å². The Hall–Kier alpha value is -0.910. The quantitative estimate of drug-likeness (QED) is 0.925. The van der Waals surface area contributed by atoms with E-state index in [0.717, 1.165) is 30.4 Å². The van der Waals surface area contributed by atoms with E-state index < -0.39 is 10.0 Å². The predicted octanol–water partition coefficient (Wildman–Crippen LogP) is 2.10. The average molecular weight is 296 g/mol. The van der Waals surface area contributed by atoms with Crippen molar-refractivity contribution in [2.75, 3.05) is 13.1 Å². The maximum Gasteiger partial charge on any atom is 0.218 e. The fourth-order valence-corrected chi connectivity index (χ4v) is 4.18. The van der Waals surface area contributed by atoms with Gasteiger partial charge in [-0.2, -0.15) is 0 Å². The molecule has 1 aliphatic rings. The van der Waals surface area contributed by atoms with Crippen molar-refractivity contribution in [3.05, 3.63) is 35.4 Å². The largest absolute Gasteiger partial charge is 0.326 e. The molecule has 1 heterocycles. The summed E-state index contributed by atoms with van der Waals surface area (Å²) in [4.78, 5) is 0. The van der Waals surface area contributed by atoms with Crippen LogP contribution in [0.4, 0.5) is 0 Å². The number of rotatable bonds is 4. The molecule has 0 amide bonds. The predicted molar refractivity (Wildman–Crippen MR) is 81.5 cm³/mol. The van der Waals surface area contributed by atoms with E-state index in [2.05, 4.69) is 6.92 Å². The number of hydrogen-bond donors (Lipinski definition) is 1. The summed E-state index contributed by atoms with van der Waals surface area (Å²) in [6.07, 6.45) is 3.05. The number of benzene rings is 1. The smallest absolute Gasteiger partial charge is 0.218 e. The molecule has 1 atom stereocenters. The van der Waals surface area contributed by atoms with Gasteiger partial charge < -0.3 is 5.73 Å². The zero-order valence-corrected chi connectivity index (χ0v) is 12.9.